The van der Waals surface area contributed by atoms with Crippen molar-refractivity contribution in [3.05, 3.63) is 28.3 Å². The second kappa shape index (κ2) is 4.42. The largest absolute Gasteiger partial charge is 0.383 e. The van der Waals surface area contributed by atoms with Gasteiger partial charge in [0, 0.05) is 11.8 Å². The summed E-state index contributed by atoms with van der Waals surface area (Å²) >= 11 is 0. The summed E-state index contributed by atoms with van der Waals surface area (Å²) in [7, 11) is 0. The summed E-state index contributed by atoms with van der Waals surface area (Å²) in [6.45, 7) is 0.590. The lowest BCUT2D eigenvalue weighted by atomic mass is 10.2. The Bertz CT molecular complexity index is 355. The van der Waals surface area contributed by atoms with E-state index in [0.29, 0.717) is 12.1 Å². The fourth-order valence-electron chi connectivity index (χ4n) is 0.860. The molecule has 70 valence electrons. The van der Waals surface area contributed by atoms with Crippen molar-refractivity contribution in [1.29, 1.82) is 0 Å². The van der Waals surface area contributed by atoms with Gasteiger partial charge >= 0.3 is 5.69 Å². The summed E-state index contributed by atoms with van der Waals surface area (Å²) in [6, 6.07) is 0. The summed E-state index contributed by atoms with van der Waals surface area (Å²) in [5.74, 6) is 0.233. The van der Waals surface area contributed by atoms with Crippen LogP contribution in [0.1, 0.15) is 12.0 Å². The Morgan fingerprint density at radius 1 is 1.62 bits per heavy atom. The van der Waals surface area contributed by atoms with Crippen molar-refractivity contribution in [3.63, 3.8) is 0 Å². The third-order valence-electron chi connectivity index (χ3n) is 1.50. The van der Waals surface area contributed by atoms with Gasteiger partial charge in [-0.3, -0.25) is 0 Å². The molecule has 5 N–H and O–H groups in total. The molecule has 5 nitrogen and oxygen atoms in total. The number of hydrogen-bond donors (Lipinski definition) is 3. The minimum atomic E-state index is -0.437. The van der Waals surface area contributed by atoms with Crippen molar-refractivity contribution in [2.75, 3.05) is 12.3 Å². The van der Waals surface area contributed by atoms with Crippen molar-refractivity contribution >= 4 is 11.9 Å². The molecule has 1 heterocycles. The SMILES string of the molecule is NCC/C=C/c1c[nH]c(=O)nc1N. The summed E-state index contributed by atoms with van der Waals surface area (Å²) in [5.41, 5.74) is 11.1. The van der Waals surface area contributed by atoms with E-state index in [0.717, 1.165) is 6.42 Å². The molecule has 13 heavy (non-hydrogen) atoms. The lowest BCUT2D eigenvalue weighted by molar-refractivity contribution is 1.01. The van der Waals surface area contributed by atoms with Gasteiger partial charge in [-0.2, -0.15) is 4.98 Å². The van der Waals surface area contributed by atoms with Gasteiger partial charge in [0.25, 0.3) is 0 Å². The van der Waals surface area contributed by atoms with Gasteiger partial charge < -0.3 is 16.5 Å². The van der Waals surface area contributed by atoms with E-state index in [-0.39, 0.29) is 5.82 Å². The highest BCUT2D eigenvalue weighted by Crippen LogP contribution is 2.05. The highest BCUT2D eigenvalue weighted by atomic mass is 16.1. The molecule has 1 aromatic rings. The highest BCUT2D eigenvalue weighted by Gasteiger charge is 1.95. The molecule has 0 spiro atoms. The van der Waals surface area contributed by atoms with Crippen LogP contribution in [-0.2, 0) is 0 Å². The van der Waals surface area contributed by atoms with Crippen LogP contribution in [0.5, 0.6) is 0 Å². The Kier molecular flexibility index (Phi) is 3.22. The molecule has 0 saturated carbocycles. The Morgan fingerprint density at radius 2 is 2.38 bits per heavy atom. The van der Waals surface area contributed by atoms with E-state index in [1.165, 1.54) is 6.20 Å². The van der Waals surface area contributed by atoms with Crippen LogP contribution in [-0.4, -0.2) is 16.5 Å². The first-order valence-corrected chi connectivity index (χ1v) is 3.96. The Morgan fingerprint density at radius 3 is 3.00 bits per heavy atom. The van der Waals surface area contributed by atoms with Crippen molar-refractivity contribution in [2.24, 2.45) is 5.73 Å². The molecule has 0 unspecified atom stereocenters. The number of aromatic nitrogens is 2. The lowest BCUT2D eigenvalue weighted by Crippen LogP contribution is -2.12. The number of nitrogens with one attached hydrogen (secondary N) is 1. The normalized spacial score (nSPS) is 10.8. The third-order valence-corrected chi connectivity index (χ3v) is 1.50. The highest BCUT2D eigenvalue weighted by molar-refractivity contribution is 5.59. The number of rotatable bonds is 3. The first kappa shape index (κ1) is 9.47. The molecular weight excluding hydrogens is 168 g/mol. The molecule has 0 saturated heterocycles. The number of aromatic amines is 1. The second-order valence-corrected chi connectivity index (χ2v) is 2.53. The number of nitrogen functional groups attached to an aromatic ring is 1. The number of nitrogens with two attached hydrogens (primary N) is 2. The van der Waals surface area contributed by atoms with Crippen LogP contribution >= 0.6 is 0 Å². The number of hydrogen-bond acceptors (Lipinski definition) is 4. The van der Waals surface area contributed by atoms with E-state index >= 15 is 0 Å². The standard InChI is InChI=1S/C8H12N4O/c9-4-2-1-3-6-5-11-8(13)12-7(6)10/h1,3,5H,2,4,9H2,(H3,10,11,12,13)/b3-1+. The average molecular weight is 180 g/mol. The smallest absolute Gasteiger partial charge is 0.346 e. The van der Waals surface area contributed by atoms with Crippen LogP contribution in [0.2, 0.25) is 0 Å². The first-order valence-electron chi connectivity index (χ1n) is 3.96. The van der Waals surface area contributed by atoms with E-state index in [4.69, 9.17) is 11.5 Å². The predicted molar refractivity (Wildman–Crippen MR) is 52.0 cm³/mol. The lowest BCUT2D eigenvalue weighted by Gasteiger charge is -1.96. The average Bonchev–Trinajstić information content (AvgIpc) is 2.09. The zero-order valence-electron chi connectivity index (χ0n) is 7.16. The van der Waals surface area contributed by atoms with Gasteiger partial charge in [-0.25, -0.2) is 4.79 Å². The van der Waals surface area contributed by atoms with Crippen LogP contribution in [0.4, 0.5) is 5.82 Å². The minimum absolute atomic E-state index is 0.233. The maximum Gasteiger partial charge on any atom is 0.346 e. The van der Waals surface area contributed by atoms with Gasteiger partial charge in [-0.1, -0.05) is 12.2 Å². The molecule has 0 amide bonds. The van der Waals surface area contributed by atoms with E-state index in [1.807, 2.05) is 6.08 Å². The van der Waals surface area contributed by atoms with Crippen LogP contribution < -0.4 is 17.2 Å². The molecule has 1 aromatic heterocycles. The van der Waals surface area contributed by atoms with Gasteiger partial charge in [-0.05, 0) is 13.0 Å². The van der Waals surface area contributed by atoms with Crippen LogP contribution in [0, 0.1) is 0 Å². The molecule has 0 atom stereocenters. The molecule has 0 radical (unpaired) electrons. The van der Waals surface area contributed by atoms with Gasteiger partial charge in [0.05, 0.1) is 0 Å². The number of nitrogens with zero attached hydrogens (tertiary/aromatic N) is 1. The molecule has 0 bridgehead atoms. The number of H-pyrrole nitrogens is 1. The van der Waals surface area contributed by atoms with Crippen LogP contribution in [0.25, 0.3) is 6.08 Å². The monoisotopic (exact) mass is 180 g/mol. The quantitative estimate of drug-likeness (QED) is 0.595. The van der Waals surface area contributed by atoms with Gasteiger partial charge in [0.1, 0.15) is 5.82 Å². The zero-order chi connectivity index (χ0) is 9.68. The predicted octanol–water partition coefficient (Wildman–Crippen LogP) is -0.286. The minimum Gasteiger partial charge on any atom is -0.383 e. The molecule has 0 fully saturated rings. The van der Waals surface area contributed by atoms with Gasteiger partial charge in [0.15, 0.2) is 0 Å². The van der Waals surface area contributed by atoms with Crippen LogP contribution in [0.3, 0.4) is 0 Å². The topological polar surface area (TPSA) is 97.8 Å². The summed E-state index contributed by atoms with van der Waals surface area (Å²) in [5, 5.41) is 0. The van der Waals surface area contributed by atoms with E-state index in [1.54, 1.807) is 6.08 Å². The number of anilines is 1. The van der Waals surface area contributed by atoms with Crippen molar-refractivity contribution in [3.8, 4) is 0 Å². The van der Waals surface area contributed by atoms with Gasteiger partial charge in [0.2, 0.25) is 0 Å². The van der Waals surface area contributed by atoms with Gasteiger partial charge in [-0.15, -0.1) is 0 Å². The molecule has 1 rings (SSSR count). The fourth-order valence-corrected chi connectivity index (χ4v) is 0.860. The molecule has 0 aliphatic carbocycles. The molecule has 0 aliphatic heterocycles. The Hall–Kier alpha value is -1.62. The summed E-state index contributed by atoms with van der Waals surface area (Å²) < 4.78 is 0. The molecule has 0 aromatic carbocycles. The third kappa shape index (κ3) is 2.72. The van der Waals surface area contributed by atoms with E-state index < -0.39 is 5.69 Å². The van der Waals surface area contributed by atoms with E-state index in [9.17, 15) is 4.79 Å². The Balaban J connectivity index is 2.83. The van der Waals surface area contributed by atoms with Crippen molar-refractivity contribution < 1.29 is 0 Å². The molecule has 5 heteroatoms. The zero-order valence-corrected chi connectivity index (χ0v) is 7.16. The summed E-state index contributed by atoms with van der Waals surface area (Å²) in [4.78, 5) is 16.7. The first-order chi connectivity index (χ1) is 6.24. The second-order valence-electron chi connectivity index (χ2n) is 2.53. The van der Waals surface area contributed by atoms with Crippen molar-refractivity contribution in [1.82, 2.24) is 9.97 Å². The maximum atomic E-state index is 10.7. The van der Waals surface area contributed by atoms with Crippen molar-refractivity contribution in [2.45, 2.75) is 6.42 Å². The Labute approximate surface area is 75.5 Å². The molecular formula is C8H12N4O. The fraction of sp³-hybridized carbons (Fsp3) is 0.250. The maximum absolute atomic E-state index is 10.7. The van der Waals surface area contributed by atoms with E-state index in [2.05, 4.69) is 9.97 Å². The summed E-state index contributed by atoms with van der Waals surface area (Å²) in [6.07, 6.45) is 5.97. The molecule has 0 aliphatic rings. The van der Waals surface area contributed by atoms with Crippen LogP contribution in [0.15, 0.2) is 17.1 Å².